The van der Waals surface area contributed by atoms with Gasteiger partial charge in [-0.1, -0.05) is 0 Å². The van der Waals surface area contributed by atoms with Crippen LogP contribution >= 0.6 is 11.3 Å². The zero-order chi connectivity index (χ0) is 17.9. The second-order valence-electron chi connectivity index (χ2n) is 6.44. The summed E-state index contributed by atoms with van der Waals surface area (Å²) in [5.74, 6) is 0.181. The van der Waals surface area contributed by atoms with Crippen molar-refractivity contribution in [3.63, 3.8) is 0 Å². The van der Waals surface area contributed by atoms with Gasteiger partial charge in [-0.15, -0.1) is 11.3 Å². The van der Waals surface area contributed by atoms with E-state index >= 15 is 0 Å². The van der Waals surface area contributed by atoms with Gasteiger partial charge in [0, 0.05) is 42.1 Å². The summed E-state index contributed by atoms with van der Waals surface area (Å²) in [6.45, 7) is 5.49. The van der Waals surface area contributed by atoms with Crippen LogP contribution < -0.4 is 0 Å². The Labute approximate surface area is 155 Å². The highest BCUT2D eigenvalue weighted by molar-refractivity contribution is 7.15. The first-order valence-electron chi connectivity index (χ1n) is 8.67. The maximum atomic E-state index is 12.4. The van der Waals surface area contributed by atoms with Crippen LogP contribution in [0.25, 0.3) is 21.3 Å². The van der Waals surface area contributed by atoms with E-state index in [2.05, 4.69) is 25.9 Å². The first-order valence-corrected chi connectivity index (χ1v) is 9.48. The highest BCUT2D eigenvalue weighted by atomic mass is 32.1. The average molecular weight is 368 g/mol. The number of aromatic nitrogens is 3. The van der Waals surface area contributed by atoms with Crippen LogP contribution in [-0.2, 0) is 16.0 Å². The summed E-state index contributed by atoms with van der Waals surface area (Å²) in [6.07, 6.45) is 5.81. The Morgan fingerprint density at radius 3 is 2.77 bits per heavy atom. The van der Waals surface area contributed by atoms with Crippen LogP contribution in [0.5, 0.6) is 0 Å². The van der Waals surface area contributed by atoms with E-state index < -0.39 is 0 Å². The number of nitrogens with zero attached hydrogens (tertiary/aromatic N) is 4. The third-order valence-corrected chi connectivity index (χ3v) is 5.37. The number of ketones is 1. The third kappa shape index (κ3) is 3.95. The van der Waals surface area contributed by atoms with E-state index in [0.29, 0.717) is 26.2 Å². The van der Waals surface area contributed by atoms with Gasteiger partial charge in [0.1, 0.15) is 0 Å². The number of hydrogen-bond acceptors (Lipinski definition) is 7. The maximum absolute atomic E-state index is 12.4. The fraction of sp³-hybridized carbons (Fsp3) is 0.368. The highest BCUT2D eigenvalue weighted by Gasteiger charge is 2.15. The standard InChI is InChI=1S/C19H20N4O2S/c1-13-20-11-19(26-13)15-6-14-7-16(21-10-18(14)22-9-15)8-17(24)12-23-2-4-25-5-3-23/h6-7,9-11H,2-5,8,12H2,1H3. The molecule has 3 aromatic heterocycles. The molecule has 0 unspecified atom stereocenters. The number of carbonyl (C=O) groups is 1. The largest absolute Gasteiger partial charge is 0.379 e. The molecule has 0 spiro atoms. The lowest BCUT2D eigenvalue weighted by molar-refractivity contribution is -0.120. The van der Waals surface area contributed by atoms with E-state index in [9.17, 15) is 4.79 Å². The molecular formula is C19H20N4O2S. The van der Waals surface area contributed by atoms with Gasteiger partial charge < -0.3 is 4.74 Å². The van der Waals surface area contributed by atoms with Gasteiger partial charge in [-0.2, -0.15) is 0 Å². The lowest BCUT2D eigenvalue weighted by atomic mass is 10.1. The molecule has 0 atom stereocenters. The number of morpholine rings is 1. The Morgan fingerprint density at radius 2 is 2.00 bits per heavy atom. The summed E-state index contributed by atoms with van der Waals surface area (Å²) >= 11 is 1.65. The number of thiazole rings is 1. The molecule has 0 N–H and O–H groups in total. The molecular weight excluding hydrogens is 348 g/mol. The van der Waals surface area contributed by atoms with Crippen LogP contribution in [0.15, 0.2) is 30.7 Å². The Morgan fingerprint density at radius 1 is 1.15 bits per heavy atom. The number of rotatable bonds is 5. The van der Waals surface area contributed by atoms with Crippen molar-refractivity contribution in [2.24, 2.45) is 0 Å². The Bertz CT molecular complexity index is 934. The highest BCUT2D eigenvalue weighted by Crippen LogP contribution is 2.27. The summed E-state index contributed by atoms with van der Waals surface area (Å²) in [6, 6.07) is 4.06. The van der Waals surface area contributed by atoms with Crippen molar-refractivity contribution in [3.8, 4) is 10.4 Å². The minimum absolute atomic E-state index is 0.181. The van der Waals surface area contributed by atoms with Crippen LogP contribution in [0.1, 0.15) is 10.7 Å². The van der Waals surface area contributed by atoms with Gasteiger partial charge in [0.15, 0.2) is 5.78 Å². The molecule has 1 saturated heterocycles. The van der Waals surface area contributed by atoms with Gasteiger partial charge in [-0.05, 0) is 19.1 Å². The zero-order valence-electron chi connectivity index (χ0n) is 14.6. The van der Waals surface area contributed by atoms with E-state index in [4.69, 9.17) is 4.74 Å². The van der Waals surface area contributed by atoms with Crippen LogP contribution in [0, 0.1) is 6.92 Å². The van der Waals surface area contributed by atoms with Gasteiger partial charge in [-0.3, -0.25) is 19.7 Å². The van der Waals surface area contributed by atoms with Crippen molar-refractivity contribution >= 4 is 28.0 Å². The predicted molar refractivity (Wildman–Crippen MR) is 101 cm³/mol. The van der Waals surface area contributed by atoms with Crippen molar-refractivity contribution in [2.45, 2.75) is 13.3 Å². The van der Waals surface area contributed by atoms with Crippen molar-refractivity contribution in [2.75, 3.05) is 32.8 Å². The van der Waals surface area contributed by atoms with E-state index in [1.54, 1.807) is 17.5 Å². The Balaban J connectivity index is 1.51. The summed E-state index contributed by atoms with van der Waals surface area (Å²) in [7, 11) is 0. The van der Waals surface area contributed by atoms with Gasteiger partial charge in [-0.25, -0.2) is 4.98 Å². The summed E-state index contributed by atoms with van der Waals surface area (Å²) in [5, 5.41) is 2.03. The van der Waals surface area contributed by atoms with E-state index in [1.165, 1.54) is 0 Å². The average Bonchev–Trinajstić information content (AvgIpc) is 3.08. The van der Waals surface area contributed by atoms with E-state index in [-0.39, 0.29) is 5.78 Å². The number of hydrogen-bond donors (Lipinski definition) is 0. The predicted octanol–water partition coefficient (Wildman–Crippen LogP) is 2.51. The number of pyridine rings is 2. The molecule has 0 amide bonds. The SMILES string of the molecule is Cc1ncc(-c2cnc3cnc(CC(=O)CN4CCOCC4)cc3c2)s1. The molecule has 0 radical (unpaired) electrons. The first kappa shape index (κ1) is 17.2. The molecule has 1 aliphatic heterocycles. The molecule has 3 aromatic rings. The number of fused-ring (bicyclic) bond motifs is 1. The molecule has 26 heavy (non-hydrogen) atoms. The molecule has 0 aromatic carbocycles. The normalized spacial score (nSPS) is 15.4. The second-order valence-corrected chi connectivity index (χ2v) is 7.67. The van der Waals surface area contributed by atoms with Crippen LogP contribution in [0.3, 0.4) is 0 Å². The molecule has 4 heterocycles. The first-order chi connectivity index (χ1) is 12.7. The van der Waals surface area contributed by atoms with E-state index in [0.717, 1.165) is 45.1 Å². The van der Waals surface area contributed by atoms with Gasteiger partial charge >= 0.3 is 0 Å². The fourth-order valence-corrected chi connectivity index (χ4v) is 3.83. The van der Waals surface area contributed by atoms with Crippen LogP contribution in [0.2, 0.25) is 0 Å². The molecule has 1 fully saturated rings. The molecule has 1 aliphatic rings. The van der Waals surface area contributed by atoms with Crippen LogP contribution in [-0.4, -0.2) is 58.5 Å². The third-order valence-electron chi connectivity index (χ3n) is 4.41. The molecule has 134 valence electrons. The van der Waals surface area contributed by atoms with Gasteiger partial charge in [0.05, 0.1) is 47.8 Å². The molecule has 6 nitrogen and oxygen atoms in total. The molecule has 0 bridgehead atoms. The van der Waals surface area contributed by atoms with Crippen LogP contribution in [0.4, 0.5) is 0 Å². The van der Waals surface area contributed by atoms with Crippen molar-refractivity contribution in [1.82, 2.24) is 19.9 Å². The van der Waals surface area contributed by atoms with Crippen molar-refractivity contribution in [1.29, 1.82) is 0 Å². The van der Waals surface area contributed by atoms with Crippen molar-refractivity contribution in [3.05, 3.63) is 41.4 Å². The smallest absolute Gasteiger partial charge is 0.152 e. The van der Waals surface area contributed by atoms with Crippen molar-refractivity contribution < 1.29 is 9.53 Å². The monoisotopic (exact) mass is 368 g/mol. The summed E-state index contributed by atoms with van der Waals surface area (Å²) < 4.78 is 5.32. The molecule has 0 aliphatic carbocycles. The topological polar surface area (TPSA) is 68.2 Å². The fourth-order valence-electron chi connectivity index (χ4n) is 3.07. The quantitative estimate of drug-likeness (QED) is 0.689. The number of carbonyl (C=O) groups excluding carboxylic acids is 1. The minimum Gasteiger partial charge on any atom is -0.379 e. The summed E-state index contributed by atoms with van der Waals surface area (Å²) in [5.41, 5.74) is 2.66. The lowest BCUT2D eigenvalue weighted by Crippen LogP contribution is -2.39. The Kier molecular flexibility index (Phi) is 5.01. The number of aryl methyl sites for hydroxylation is 1. The second kappa shape index (κ2) is 7.57. The number of Topliss-reactive ketones (excluding diaryl/α,β-unsaturated/α-hetero) is 1. The Hall–Kier alpha value is -2.22. The minimum atomic E-state index is 0.181. The molecule has 4 rings (SSSR count). The van der Waals surface area contributed by atoms with E-state index in [1.807, 2.05) is 25.4 Å². The molecule has 7 heteroatoms. The number of ether oxygens (including phenoxy) is 1. The van der Waals surface area contributed by atoms with Gasteiger partial charge in [0.2, 0.25) is 0 Å². The molecule has 0 saturated carbocycles. The lowest BCUT2D eigenvalue weighted by Gasteiger charge is -2.25. The summed E-state index contributed by atoms with van der Waals surface area (Å²) in [4.78, 5) is 28.8. The maximum Gasteiger partial charge on any atom is 0.152 e. The van der Waals surface area contributed by atoms with Gasteiger partial charge in [0.25, 0.3) is 0 Å². The zero-order valence-corrected chi connectivity index (χ0v) is 15.5.